The lowest BCUT2D eigenvalue weighted by molar-refractivity contribution is -0.123. The Morgan fingerprint density at radius 1 is 0.964 bits per heavy atom. The Morgan fingerprint density at radius 3 is 2.32 bits per heavy atom. The van der Waals surface area contributed by atoms with E-state index >= 15 is 0 Å². The quantitative estimate of drug-likeness (QED) is 0.662. The molecule has 0 radical (unpaired) electrons. The fourth-order valence-corrected chi connectivity index (χ4v) is 4.85. The molecule has 1 N–H and O–H groups in total. The first-order chi connectivity index (χ1) is 13.5. The van der Waals surface area contributed by atoms with Crippen LogP contribution in [-0.4, -0.2) is 17.7 Å². The lowest BCUT2D eigenvalue weighted by Gasteiger charge is -2.18. The zero-order valence-corrected chi connectivity index (χ0v) is 15.5. The molecule has 5 rings (SSSR count). The first-order valence-electron chi connectivity index (χ1n) is 9.58. The van der Waals surface area contributed by atoms with Crippen molar-refractivity contribution in [2.24, 2.45) is 23.7 Å². The highest BCUT2D eigenvalue weighted by molar-refractivity contribution is 6.23. The molecule has 1 aliphatic heterocycles. The summed E-state index contributed by atoms with van der Waals surface area (Å²) in [4.78, 5) is 39.9. The van der Waals surface area contributed by atoms with Crippen LogP contribution in [0.3, 0.4) is 0 Å². The zero-order valence-electron chi connectivity index (χ0n) is 15.5. The first-order valence-corrected chi connectivity index (χ1v) is 9.58. The number of hydrogen-bond acceptors (Lipinski definition) is 3. The predicted octanol–water partition coefficient (Wildman–Crippen LogP) is 3.56. The molecule has 3 aliphatic rings. The van der Waals surface area contributed by atoms with Crippen molar-refractivity contribution in [3.8, 4) is 0 Å². The average molecular weight is 372 g/mol. The number of imide groups is 1. The number of aryl methyl sites for hydroxylation is 1. The SMILES string of the molecule is Cc1ccccc1NC(=O)c1cccc(N2C(=O)C3C4C=CC(C4)C3C2=O)c1. The summed E-state index contributed by atoms with van der Waals surface area (Å²) in [5, 5.41) is 2.89. The van der Waals surface area contributed by atoms with Crippen molar-refractivity contribution in [3.05, 3.63) is 71.8 Å². The third-order valence-electron chi connectivity index (χ3n) is 6.23. The fourth-order valence-electron chi connectivity index (χ4n) is 4.85. The number of benzene rings is 2. The summed E-state index contributed by atoms with van der Waals surface area (Å²) in [5.74, 6) is -0.685. The van der Waals surface area contributed by atoms with Crippen LogP contribution < -0.4 is 10.2 Å². The molecular weight excluding hydrogens is 352 g/mol. The Bertz CT molecular complexity index is 1010. The molecule has 140 valence electrons. The monoisotopic (exact) mass is 372 g/mol. The molecule has 5 heteroatoms. The van der Waals surface area contributed by atoms with Crippen molar-refractivity contribution in [1.82, 2.24) is 0 Å². The second kappa shape index (κ2) is 6.16. The summed E-state index contributed by atoms with van der Waals surface area (Å²) in [6, 6.07) is 14.3. The van der Waals surface area contributed by atoms with E-state index in [1.165, 1.54) is 4.90 Å². The van der Waals surface area contributed by atoms with Gasteiger partial charge < -0.3 is 5.32 Å². The minimum absolute atomic E-state index is 0.136. The highest BCUT2D eigenvalue weighted by Gasteiger charge is 2.59. The van der Waals surface area contributed by atoms with Crippen LogP contribution in [0, 0.1) is 30.6 Å². The number of nitrogens with zero attached hydrogens (tertiary/aromatic N) is 1. The fraction of sp³-hybridized carbons (Fsp3) is 0.261. The van der Waals surface area contributed by atoms with E-state index in [0.29, 0.717) is 11.3 Å². The van der Waals surface area contributed by atoms with Crippen molar-refractivity contribution < 1.29 is 14.4 Å². The van der Waals surface area contributed by atoms with Gasteiger partial charge in [-0.2, -0.15) is 0 Å². The molecule has 28 heavy (non-hydrogen) atoms. The largest absolute Gasteiger partial charge is 0.322 e. The van der Waals surface area contributed by atoms with Crippen LogP contribution in [0.1, 0.15) is 22.3 Å². The second-order valence-corrected chi connectivity index (χ2v) is 7.83. The molecule has 2 fully saturated rings. The second-order valence-electron chi connectivity index (χ2n) is 7.83. The number of carbonyl (C=O) groups excluding carboxylic acids is 3. The van der Waals surface area contributed by atoms with Crippen LogP contribution in [0.25, 0.3) is 0 Å². The van der Waals surface area contributed by atoms with Crippen LogP contribution in [0.2, 0.25) is 0 Å². The maximum absolute atomic E-state index is 13.0. The number of nitrogens with one attached hydrogen (secondary N) is 1. The van der Waals surface area contributed by atoms with Gasteiger partial charge in [0.2, 0.25) is 11.8 Å². The van der Waals surface area contributed by atoms with E-state index < -0.39 is 0 Å². The topological polar surface area (TPSA) is 66.5 Å². The van der Waals surface area contributed by atoms with Gasteiger partial charge in [0.25, 0.3) is 5.91 Å². The van der Waals surface area contributed by atoms with Gasteiger partial charge in [0.05, 0.1) is 17.5 Å². The minimum atomic E-state index is -0.267. The van der Waals surface area contributed by atoms with Crippen LogP contribution in [-0.2, 0) is 9.59 Å². The van der Waals surface area contributed by atoms with E-state index in [1.54, 1.807) is 24.3 Å². The van der Waals surface area contributed by atoms with Crippen LogP contribution in [0.4, 0.5) is 11.4 Å². The van der Waals surface area contributed by atoms with Crippen molar-refractivity contribution in [2.45, 2.75) is 13.3 Å². The summed E-state index contributed by atoms with van der Waals surface area (Å²) in [6.45, 7) is 1.93. The third kappa shape index (κ3) is 2.43. The van der Waals surface area contributed by atoms with E-state index in [0.717, 1.165) is 17.7 Å². The van der Waals surface area contributed by atoms with Gasteiger partial charge in [0, 0.05) is 11.3 Å². The predicted molar refractivity (Wildman–Crippen MR) is 106 cm³/mol. The van der Waals surface area contributed by atoms with Gasteiger partial charge in [-0.3, -0.25) is 14.4 Å². The molecular formula is C23H20N2O3. The molecule has 2 aromatic rings. The standard InChI is InChI=1S/C23H20N2O3/c1-13-5-2-3-8-18(13)24-21(26)16-6-4-7-17(12-16)25-22(27)19-14-9-10-15(11-14)20(19)23(25)28/h2-10,12,14-15,19-20H,11H2,1H3,(H,24,26). The molecule has 5 nitrogen and oxygen atoms in total. The van der Waals surface area contributed by atoms with Gasteiger partial charge in [-0.25, -0.2) is 4.90 Å². The highest BCUT2D eigenvalue weighted by Crippen LogP contribution is 2.53. The zero-order chi connectivity index (χ0) is 19.4. The number of rotatable bonds is 3. The van der Waals surface area contributed by atoms with Crippen molar-refractivity contribution in [1.29, 1.82) is 0 Å². The molecule has 4 unspecified atom stereocenters. The number of fused-ring (bicyclic) bond motifs is 5. The van der Waals surface area contributed by atoms with E-state index in [4.69, 9.17) is 0 Å². The molecule has 0 spiro atoms. The van der Waals surface area contributed by atoms with E-state index in [1.807, 2.05) is 31.2 Å². The molecule has 2 bridgehead atoms. The van der Waals surface area contributed by atoms with Crippen LogP contribution in [0.15, 0.2) is 60.7 Å². The summed E-state index contributed by atoms with van der Waals surface area (Å²) in [6.07, 6.45) is 5.05. The summed E-state index contributed by atoms with van der Waals surface area (Å²) < 4.78 is 0. The molecule has 2 aliphatic carbocycles. The third-order valence-corrected chi connectivity index (χ3v) is 6.23. The van der Waals surface area contributed by atoms with E-state index in [-0.39, 0.29) is 41.4 Å². The van der Waals surface area contributed by atoms with Crippen LogP contribution >= 0.6 is 0 Å². The Balaban J connectivity index is 1.42. The summed E-state index contributed by atoms with van der Waals surface area (Å²) in [7, 11) is 0. The maximum Gasteiger partial charge on any atom is 0.255 e. The molecule has 1 heterocycles. The number of amides is 3. The lowest BCUT2D eigenvalue weighted by Crippen LogP contribution is -2.33. The van der Waals surface area contributed by atoms with E-state index in [9.17, 15) is 14.4 Å². The van der Waals surface area contributed by atoms with Crippen molar-refractivity contribution >= 4 is 29.1 Å². The average Bonchev–Trinajstić information content (AvgIpc) is 3.37. The number of hydrogen-bond donors (Lipinski definition) is 1. The lowest BCUT2D eigenvalue weighted by atomic mass is 9.85. The normalized spacial score (nSPS) is 27.4. The van der Waals surface area contributed by atoms with Gasteiger partial charge in [0.15, 0.2) is 0 Å². The molecule has 3 amide bonds. The van der Waals surface area contributed by atoms with Gasteiger partial charge >= 0.3 is 0 Å². The number of carbonyl (C=O) groups is 3. The van der Waals surface area contributed by atoms with Gasteiger partial charge in [0.1, 0.15) is 0 Å². The molecule has 2 aromatic carbocycles. The number of anilines is 2. The Kier molecular flexibility index (Phi) is 3.72. The number of allylic oxidation sites excluding steroid dienone is 2. The Hall–Kier alpha value is -3.21. The Morgan fingerprint density at radius 2 is 1.64 bits per heavy atom. The summed E-state index contributed by atoms with van der Waals surface area (Å²) in [5.41, 5.74) is 2.59. The van der Waals surface area contributed by atoms with Crippen molar-refractivity contribution in [2.75, 3.05) is 10.2 Å². The minimum Gasteiger partial charge on any atom is -0.322 e. The van der Waals surface area contributed by atoms with Crippen molar-refractivity contribution in [3.63, 3.8) is 0 Å². The van der Waals surface area contributed by atoms with Crippen LogP contribution in [0.5, 0.6) is 0 Å². The van der Waals surface area contributed by atoms with Gasteiger partial charge in [-0.1, -0.05) is 36.4 Å². The van der Waals surface area contributed by atoms with Gasteiger partial charge in [-0.05, 0) is 55.0 Å². The maximum atomic E-state index is 13.0. The number of para-hydroxylation sites is 1. The first kappa shape index (κ1) is 16.9. The molecule has 1 saturated heterocycles. The highest BCUT2D eigenvalue weighted by atomic mass is 16.2. The van der Waals surface area contributed by atoms with Gasteiger partial charge in [-0.15, -0.1) is 0 Å². The smallest absolute Gasteiger partial charge is 0.255 e. The Labute approximate surface area is 163 Å². The summed E-state index contributed by atoms with van der Waals surface area (Å²) >= 11 is 0. The molecule has 4 atom stereocenters. The van der Waals surface area contributed by atoms with E-state index in [2.05, 4.69) is 17.5 Å². The molecule has 0 aromatic heterocycles. The molecule has 1 saturated carbocycles.